The Balaban J connectivity index is 2.35. The average molecular weight is 296 g/mol. The fourth-order valence-corrected chi connectivity index (χ4v) is 1.90. The second kappa shape index (κ2) is 8.08. The van der Waals surface area contributed by atoms with Crippen LogP contribution in [0, 0.1) is 6.92 Å². The van der Waals surface area contributed by atoms with E-state index in [2.05, 4.69) is 12.2 Å². The summed E-state index contributed by atoms with van der Waals surface area (Å²) in [6.07, 6.45) is 0.663. The standard InChI is InChI=1S/C16H28N2O3/c1-6-10-18(15(19)21-16(3,4)5)11-9-17-12-14-8-7-13(2)20-14/h7-8,17H,6,9-12H2,1-5H3. The number of aryl methyl sites for hydroxylation is 1. The van der Waals surface area contributed by atoms with Crippen LogP contribution in [0.15, 0.2) is 16.5 Å². The first-order valence-electron chi connectivity index (χ1n) is 7.56. The minimum absolute atomic E-state index is 0.250. The van der Waals surface area contributed by atoms with Crippen LogP contribution in [-0.4, -0.2) is 36.2 Å². The van der Waals surface area contributed by atoms with Crippen LogP contribution < -0.4 is 5.32 Å². The minimum Gasteiger partial charge on any atom is -0.465 e. The van der Waals surface area contributed by atoms with Crippen molar-refractivity contribution in [3.05, 3.63) is 23.7 Å². The quantitative estimate of drug-likeness (QED) is 0.784. The zero-order valence-electron chi connectivity index (χ0n) is 13.9. The molecule has 0 spiro atoms. The Morgan fingerprint density at radius 2 is 2.05 bits per heavy atom. The predicted molar refractivity (Wildman–Crippen MR) is 83.2 cm³/mol. The number of carbonyl (C=O) groups excluding carboxylic acids is 1. The molecule has 1 amide bonds. The van der Waals surface area contributed by atoms with Gasteiger partial charge in [-0.2, -0.15) is 0 Å². The maximum absolute atomic E-state index is 12.1. The molecule has 1 N–H and O–H groups in total. The fraction of sp³-hybridized carbons (Fsp3) is 0.688. The summed E-state index contributed by atoms with van der Waals surface area (Å²) in [7, 11) is 0. The van der Waals surface area contributed by atoms with Gasteiger partial charge in [-0.3, -0.25) is 0 Å². The van der Waals surface area contributed by atoms with Gasteiger partial charge in [0, 0.05) is 19.6 Å². The Hall–Kier alpha value is -1.49. The molecular weight excluding hydrogens is 268 g/mol. The molecule has 5 nitrogen and oxygen atoms in total. The lowest BCUT2D eigenvalue weighted by Gasteiger charge is -2.27. The molecule has 0 aromatic carbocycles. The topological polar surface area (TPSA) is 54.7 Å². The van der Waals surface area contributed by atoms with Crippen LogP contribution in [-0.2, 0) is 11.3 Å². The number of rotatable bonds is 7. The molecule has 0 unspecified atom stereocenters. The van der Waals surface area contributed by atoms with Crippen molar-refractivity contribution in [2.24, 2.45) is 0 Å². The maximum Gasteiger partial charge on any atom is 0.410 e. The summed E-state index contributed by atoms with van der Waals surface area (Å²) in [5.41, 5.74) is -0.456. The molecule has 0 fully saturated rings. The van der Waals surface area contributed by atoms with E-state index in [-0.39, 0.29) is 6.09 Å². The highest BCUT2D eigenvalue weighted by Gasteiger charge is 2.21. The fourth-order valence-electron chi connectivity index (χ4n) is 1.90. The van der Waals surface area contributed by atoms with Gasteiger partial charge >= 0.3 is 6.09 Å². The molecule has 0 aliphatic heterocycles. The molecule has 5 heteroatoms. The summed E-state index contributed by atoms with van der Waals surface area (Å²) in [6.45, 7) is 12.3. The molecule has 0 aliphatic carbocycles. The summed E-state index contributed by atoms with van der Waals surface area (Å²) >= 11 is 0. The summed E-state index contributed by atoms with van der Waals surface area (Å²) in [4.78, 5) is 13.8. The molecule has 0 bridgehead atoms. The van der Waals surface area contributed by atoms with Crippen LogP contribution in [0.2, 0.25) is 0 Å². The zero-order valence-corrected chi connectivity index (χ0v) is 13.9. The van der Waals surface area contributed by atoms with Crippen LogP contribution in [0.1, 0.15) is 45.6 Å². The Bertz CT molecular complexity index is 435. The van der Waals surface area contributed by atoms with Crippen molar-refractivity contribution < 1.29 is 13.9 Å². The van der Waals surface area contributed by atoms with E-state index >= 15 is 0 Å². The van der Waals surface area contributed by atoms with Crippen molar-refractivity contribution in [3.63, 3.8) is 0 Å². The molecule has 120 valence electrons. The highest BCUT2D eigenvalue weighted by atomic mass is 16.6. The number of amides is 1. The highest BCUT2D eigenvalue weighted by molar-refractivity contribution is 5.68. The van der Waals surface area contributed by atoms with Gasteiger partial charge in [0.05, 0.1) is 6.54 Å². The largest absolute Gasteiger partial charge is 0.465 e. The van der Waals surface area contributed by atoms with Crippen molar-refractivity contribution in [1.29, 1.82) is 0 Å². The van der Waals surface area contributed by atoms with Gasteiger partial charge in [-0.25, -0.2) is 4.79 Å². The Labute approximate surface area is 127 Å². The monoisotopic (exact) mass is 296 g/mol. The molecular formula is C16H28N2O3. The van der Waals surface area contributed by atoms with E-state index in [0.717, 1.165) is 17.9 Å². The lowest BCUT2D eigenvalue weighted by molar-refractivity contribution is 0.0251. The van der Waals surface area contributed by atoms with Crippen molar-refractivity contribution in [2.45, 2.75) is 53.2 Å². The van der Waals surface area contributed by atoms with E-state index in [9.17, 15) is 4.79 Å². The average Bonchev–Trinajstić information content (AvgIpc) is 2.77. The molecule has 21 heavy (non-hydrogen) atoms. The van der Waals surface area contributed by atoms with E-state index in [1.807, 2.05) is 39.8 Å². The number of nitrogens with zero attached hydrogens (tertiary/aromatic N) is 1. The number of nitrogens with one attached hydrogen (secondary N) is 1. The summed E-state index contributed by atoms with van der Waals surface area (Å²) in [5.74, 6) is 1.82. The van der Waals surface area contributed by atoms with Crippen LogP contribution in [0.4, 0.5) is 4.79 Å². The van der Waals surface area contributed by atoms with Gasteiger partial charge in [0.15, 0.2) is 0 Å². The van der Waals surface area contributed by atoms with Crippen molar-refractivity contribution in [3.8, 4) is 0 Å². The first-order chi connectivity index (χ1) is 9.81. The lowest BCUT2D eigenvalue weighted by atomic mass is 10.2. The SMILES string of the molecule is CCCN(CCNCc1ccc(C)o1)C(=O)OC(C)(C)C. The van der Waals surface area contributed by atoms with Gasteiger partial charge in [-0.1, -0.05) is 6.92 Å². The zero-order chi connectivity index (χ0) is 15.9. The lowest BCUT2D eigenvalue weighted by Crippen LogP contribution is -2.40. The maximum atomic E-state index is 12.1. The number of hydrogen-bond acceptors (Lipinski definition) is 4. The number of furan rings is 1. The van der Waals surface area contributed by atoms with Crippen LogP contribution in [0.5, 0.6) is 0 Å². The Morgan fingerprint density at radius 3 is 2.57 bits per heavy atom. The second-order valence-electron chi connectivity index (χ2n) is 6.16. The summed E-state index contributed by atoms with van der Waals surface area (Å²) < 4.78 is 10.9. The van der Waals surface area contributed by atoms with Crippen LogP contribution in [0.25, 0.3) is 0 Å². The van der Waals surface area contributed by atoms with Gasteiger partial charge in [0.1, 0.15) is 17.1 Å². The molecule has 1 aromatic rings. The first-order valence-corrected chi connectivity index (χ1v) is 7.56. The van der Waals surface area contributed by atoms with Crippen LogP contribution >= 0.6 is 0 Å². The second-order valence-corrected chi connectivity index (χ2v) is 6.16. The summed E-state index contributed by atoms with van der Waals surface area (Å²) in [6, 6.07) is 3.90. The third-order valence-corrected chi connectivity index (χ3v) is 2.80. The first kappa shape index (κ1) is 17.6. The molecule has 1 aromatic heterocycles. The third-order valence-electron chi connectivity index (χ3n) is 2.80. The smallest absolute Gasteiger partial charge is 0.410 e. The van der Waals surface area contributed by atoms with Gasteiger partial charge in [-0.15, -0.1) is 0 Å². The number of carbonyl (C=O) groups is 1. The molecule has 0 aliphatic rings. The molecule has 0 saturated carbocycles. The molecule has 0 saturated heterocycles. The van der Waals surface area contributed by atoms with E-state index < -0.39 is 5.60 Å². The Kier molecular flexibility index (Phi) is 6.75. The molecule has 0 radical (unpaired) electrons. The van der Waals surface area contributed by atoms with E-state index in [1.165, 1.54) is 0 Å². The normalized spacial score (nSPS) is 11.5. The molecule has 1 heterocycles. The molecule has 1 rings (SSSR count). The van der Waals surface area contributed by atoms with Crippen molar-refractivity contribution >= 4 is 6.09 Å². The summed E-state index contributed by atoms with van der Waals surface area (Å²) in [5, 5.41) is 3.28. The van der Waals surface area contributed by atoms with E-state index in [4.69, 9.17) is 9.15 Å². The molecule has 0 atom stereocenters. The van der Waals surface area contributed by atoms with E-state index in [1.54, 1.807) is 4.90 Å². The van der Waals surface area contributed by atoms with Gasteiger partial charge in [0.25, 0.3) is 0 Å². The highest BCUT2D eigenvalue weighted by Crippen LogP contribution is 2.10. The van der Waals surface area contributed by atoms with Gasteiger partial charge in [0.2, 0.25) is 0 Å². The van der Waals surface area contributed by atoms with Crippen LogP contribution in [0.3, 0.4) is 0 Å². The minimum atomic E-state index is -0.456. The van der Waals surface area contributed by atoms with Crippen molar-refractivity contribution in [1.82, 2.24) is 10.2 Å². The van der Waals surface area contributed by atoms with Gasteiger partial charge in [-0.05, 0) is 46.2 Å². The van der Waals surface area contributed by atoms with Gasteiger partial charge < -0.3 is 19.4 Å². The van der Waals surface area contributed by atoms with E-state index in [0.29, 0.717) is 26.2 Å². The predicted octanol–water partition coefficient (Wildman–Crippen LogP) is 3.32. The third kappa shape index (κ3) is 7.18. The van der Waals surface area contributed by atoms with Crippen molar-refractivity contribution in [2.75, 3.05) is 19.6 Å². The Morgan fingerprint density at radius 1 is 1.33 bits per heavy atom. The number of ether oxygens (including phenoxy) is 1. The number of hydrogen-bond donors (Lipinski definition) is 1.